The number of carbonyl (C=O) groups is 1. The largest absolute Gasteiger partial charge is 0.444 e. The van der Waals surface area contributed by atoms with E-state index in [1.807, 2.05) is 24.3 Å². The second-order valence-corrected chi connectivity index (χ2v) is 6.72. The molecule has 0 aliphatic carbocycles. The van der Waals surface area contributed by atoms with Gasteiger partial charge in [0.05, 0.1) is 6.67 Å². The van der Waals surface area contributed by atoms with Gasteiger partial charge in [-0.25, -0.2) is 0 Å². The van der Waals surface area contributed by atoms with E-state index in [-0.39, 0.29) is 18.4 Å². The molecule has 0 N–H and O–H groups in total. The van der Waals surface area contributed by atoms with Crippen molar-refractivity contribution in [3.8, 4) is 0 Å². The van der Waals surface area contributed by atoms with Crippen molar-refractivity contribution in [3.05, 3.63) is 12.4 Å². The summed E-state index contributed by atoms with van der Waals surface area (Å²) in [6, 6.07) is 0. The van der Waals surface area contributed by atoms with E-state index < -0.39 is 0 Å². The summed E-state index contributed by atoms with van der Waals surface area (Å²) in [5.74, 6) is -0.0659. The molecule has 0 aromatic heterocycles. The first-order valence-electron chi connectivity index (χ1n) is 9.50. The van der Waals surface area contributed by atoms with Gasteiger partial charge in [0.15, 0.2) is 6.73 Å². The summed E-state index contributed by atoms with van der Waals surface area (Å²) in [6.07, 6.45) is 18.8. The lowest BCUT2D eigenvalue weighted by molar-refractivity contribution is -0.147. The molecule has 5 heteroatoms. The number of halogens is 1. The molecular weight excluding hydrogens is 324 g/mol. The third kappa shape index (κ3) is 12.5. The maximum Gasteiger partial charge on any atom is 0.307 e. The van der Waals surface area contributed by atoms with Crippen molar-refractivity contribution in [1.82, 2.24) is 9.80 Å². The first-order valence-corrected chi connectivity index (χ1v) is 9.50. The molecule has 1 heterocycles. The number of carbonyl (C=O) groups excluding carboxylic acids is 1. The van der Waals surface area contributed by atoms with Crippen LogP contribution in [-0.4, -0.2) is 36.2 Å². The molecule has 0 unspecified atom stereocenters. The predicted octanol–water partition coefficient (Wildman–Crippen LogP) is 5.29. The highest BCUT2D eigenvalue weighted by Crippen LogP contribution is 2.12. The van der Waals surface area contributed by atoms with Crippen molar-refractivity contribution in [1.29, 1.82) is 0 Å². The number of esters is 1. The highest BCUT2D eigenvalue weighted by Gasteiger charge is 2.10. The molecule has 1 rings (SSSR count). The lowest BCUT2D eigenvalue weighted by Gasteiger charge is -2.17. The fourth-order valence-electron chi connectivity index (χ4n) is 2.83. The van der Waals surface area contributed by atoms with E-state index in [2.05, 4.69) is 11.8 Å². The highest BCUT2D eigenvalue weighted by atomic mass is 35.5. The van der Waals surface area contributed by atoms with E-state index in [0.717, 1.165) is 19.5 Å². The maximum absolute atomic E-state index is 11.7. The van der Waals surface area contributed by atoms with Gasteiger partial charge in [-0.1, -0.05) is 71.1 Å². The first-order chi connectivity index (χ1) is 11.2. The van der Waals surface area contributed by atoms with Crippen molar-refractivity contribution >= 4 is 18.4 Å². The van der Waals surface area contributed by atoms with Crippen LogP contribution in [0.5, 0.6) is 0 Å². The van der Waals surface area contributed by atoms with Crippen LogP contribution in [0.15, 0.2) is 12.4 Å². The number of nitrogens with zero attached hydrogens (tertiary/aromatic N) is 2. The quantitative estimate of drug-likeness (QED) is 0.311. The van der Waals surface area contributed by atoms with Gasteiger partial charge < -0.3 is 14.5 Å². The van der Waals surface area contributed by atoms with Crippen LogP contribution in [0.1, 0.15) is 84.0 Å². The average molecular weight is 361 g/mol. The van der Waals surface area contributed by atoms with Crippen molar-refractivity contribution in [3.63, 3.8) is 0 Å². The Hall–Kier alpha value is -0.900. The van der Waals surface area contributed by atoms with Crippen molar-refractivity contribution in [2.24, 2.45) is 0 Å². The Morgan fingerprint density at radius 3 is 1.96 bits per heavy atom. The van der Waals surface area contributed by atoms with Crippen LogP contribution in [0, 0.1) is 0 Å². The molecule has 0 fully saturated rings. The smallest absolute Gasteiger partial charge is 0.307 e. The first kappa shape index (κ1) is 23.1. The standard InChI is InChI=1S/C19H36N2O2.ClH/c1-3-4-5-6-7-8-9-10-11-12-13-14-19(22)23-18-21-16-15-20(2)17-21;/h15-16H,3-14,17-18H2,1-2H3;1H. The summed E-state index contributed by atoms with van der Waals surface area (Å²) in [7, 11) is 2.00. The van der Waals surface area contributed by atoms with Crippen LogP contribution < -0.4 is 0 Å². The Morgan fingerprint density at radius 1 is 0.917 bits per heavy atom. The number of hydrogen-bond acceptors (Lipinski definition) is 4. The monoisotopic (exact) mass is 360 g/mol. The third-order valence-corrected chi connectivity index (χ3v) is 4.31. The summed E-state index contributed by atoms with van der Waals surface area (Å²) in [6.45, 7) is 3.43. The Kier molecular flexibility index (Phi) is 15.0. The minimum Gasteiger partial charge on any atom is -0.444 e. The van der Waals surface area contributed by atoms with Crippen LogP contribution >= 0.6 is 12.4 Å². The lowest BCUT2D eigenvalue weighted by atomic mass is 10.1. The molecule has 0 radical (unpaired) electrons. The zero-order valence-electron chi connectivity index (χ0n) is 15.7. The van der Waals surface area contributed by atoms with Crippen LogP contribution in [0.25, 0.3) is 0 Å². The van der Waals surface area contributed by atoms with E-state index in [4.69, 9.17) is 4.74 Å². The number of hydrogen-bond donors (Lipinski definition) is 0. The van der Waals surface area contributed by atoms with E-state index >= 15 is 0 Å². The molecule has 0 saturated heterocycles. The minimum atomic E-state index is -0.0659. The van der Waals surface area contributed by atoms with Crippen molar-refractivity contribution in [2.45, 2.75) is 84.0 Å². The zero-order valence-corrected chi connectivity index (χ0v) is 16.5. The second-order valence-electron chi connectivity index (χ2n) is 6.72. The molecule has 4 nitrogen and oxygen atoms in total. The SMILES string of the molecule is CCCCCCCCCCCCCC(=O)OCN1C=CN(C)C1.Cl. The molecule has 0 aromatic rings. The molecule has 1 aliphatic rings. The van der Waals surface area contributed by atoms with E-state index in [0.29, 0.717) is 13.2 Å². The van der Waals surface area contributed by atoms with Gasteiger partial charge in [-0.3, -0.25) is 4.79 Å². The van der Waals surface area contributed by atoms with Gasteiger partial charge in [0.2, 0.25) is 0 Å². The highest BCUT2D eigenvalue weighted by molar-refractivity contribution is 5.85. The van der Waals surface area contributed by atoms with Crippen LogP contribution in [0.2, 0.25) is 0 Å². The van der Waals surface area contributed by atoms with Gasteiger partial charge in [0, 0.05) is 25.9 Å². The van der Waals surface area contributed by atoms with Gasteiger partial charge in [0.25, 0.3) is 0 Å². The number of ether oxygens (including phenoxy) is 1. The molecule has 0 spiro atoms. The summed E-state index contributed by atoms with van der Waals surface area (Å²) in [5, 5.41) is 0. The molecule has 0 aromatic carbocycles. The molecular formula is C19H37ClN2O2. The summed E-state index contributed by atoms with van der Waals surface area (Å²) in [4.78, 5) is 15.7. The van der Waals surface area contributed by atoms with Gasteiger partial charge in [-0.2, -0.15) is 0 Å². The van der Waals surface area contributed by atoms with Crippen LogP contribution in [0.3, 0.4) is 0 Å². The van der Waals surface area contributed by atoms with E-state index in [9.17, 15) is 4.79 Å². The molecule has 1 aliphatic heterocycles. The number of unbranched alkanes of at least 4 members (excludes halogenated alkanes) is 10. The predicted molar refractivity (Wildman–Crippen MR) is 103 cm³/mol. The topological polar surface area (TPSA) is 32.8 Å². The second kappa shape index (κ2) is 15.6. The third-order valence-electron chi connectivity index (χ3n) is 4.31. The average Bonchev–Trinajstić information content (AvgIpc) is 2.96. The normalized spacial score (nSPS) is 13.2. The zero-order chi connectivity index (χ0) is 16.8. The number of rotatable bonds is 14. The van der Waals surface area contributed by atoms with Gasteiger partial charge in [-0.05, 0) is 6.42 Å². The van der Waals surface area contributed by atoms with Crippen LogP contribution in [-0.2, 0) is 9.53 Å². The molecule has 0 atom stereocenters. The summed E-state index contributed by atoms with van der Waals surface area (Å²) in [5.41, 5.74) is 0. The van der Waals surface area contributed by atoms with Gasteiger partial charge >= 0.3 is 5.97 Å². The van der Waals surface area contributed by atoms with E-state index in [1.165, 1.54) is 57.8 Å². The van der Waals surface area contributed by atoms with E-state index in [1.54, 1.807) is 0 Å². The fourth-order valence-corrected chi connectivity index (χ4v) is 2.83. The fraction of sp³-hybridized carbons (Fsp3) is 0.842. The lowest BCUT2D eigenvalue weighted by Crippen LogP contribution is -2.26. The van der Waals surface area contributed by atoms with Crippen LogP contribution in [0.4, 0.5) is 0 Å². The van der Waals surface area contributed by atoms with Crippen molar-refractivity contribution in [2.75, 3.05) is 20.4 Å². The summed E-state index contributed by atoms with van der Waals surface area (Å²) < 4.78 is 5.28. The minimum absolute atomic E-state index is 0. The Labute approximate surface area is 155 Å². The summed E-state index contributed by atoms with van der Waals surface area (Å²) >= 11 is 0. The molecule has 0 amide bonds. The van der Waals surface area contributed by atoms with Crippen molar-refractivity contribution < 1.29 is 9.53 Å². The van der Waals surface area contributed by atoms with Gasteiger partial charge in [-0.15, -0.1) is 12.4 Å². The molecule has 0 saturated carbocycles. The molecule has 24 heavy (non-hydrogen) atoms. The molecule has 0 bridgehead atoms. The Morgan fingerprint density at radius 2 is 1.46 bits per heavy atom. The van der Waals surface area contributed by atoms with Gasteiger partial charge in [0.1, 0.15) is 0 Å². The Balaban J connectivity index is 0.00000529. The molecule has 142 valence electrons. The Bertz CT molecular complexity index is 337. The maximum atomic E-state index is 11.7.